The second kappa shape index (κ2) is 14.4. The maximum atomic E-state index is 5.05. The van der Waals surface area contributed by atoms with Crippen LogP contribution in [0.1, 0.15) is 41.3 Å². The molecule has 0 spiro atoms. The molecule has 7 aromatic carbocycles. The van der Waals surface area contributed by atoms with Crippen molar-refractivity contribution in [2.45, 2.75) is 25.2 Å². The number of rotatable bonds is 7. The summed E-state index contributed by atoms with van der Waals surface area (Å²) in [4.78, 5) is 10.0. The highest BCUT2D eigenvalue weighted by Crippen LogP contribution is 2.50. The Hall–Kier alpha value is -7.16. The molecule has 2 heteroatoms. The minimum Gasteiger partial charge on any atom is -0.228 e. The normalized spacial score (nSPS) is 15.4. The lowest BCUT2D eigenvalue weighted by Gasteiger charge is -2.25. The average molecular weight is 741 g/mol. The molecule has 0 fully saturated rings. The van der Waals surface area contributed by atoms with Crippen molar-refractivity contribution in [2.24, 2.45) is 0 Å². The van der Waals surface area contributed by atoms with Gasteiger partial charge in [-0.3, -0.25) is 0 Å². The summed E-state index contributed by atoms with van der Waals surface area (Å²) in [6, 6.07) is 61.8. The van der Waals surface area contributed by atoms with Crippen LogP contribution in [0, 0.1) is 0 Å². The summed E-state index contributed by atoms with van der Waals surface area (Å²) in [6.07, 6.45) is 14.2. The van der Waals surface area contributed by atoms with Crippen LogP contribution in [0.4, 0.5) is 0 Å². The molecule has 1 unspecified atom stereocenters. The zero-order valence-corrected chi connectivity index (χ0v) is 32.1. The Balaban J connectivity index is 0.957. The molecule has 11 rings (SSSR count). The van der Waals surface area contributed by atoms with Gasteiger partial charge < -0.3 is 0 Å². The third-order valence-corrected chi connectivity index (χ3v) is 12.2. The molecular formula is C56H40N2. The number of allylic oxidation sites excluding steroid dienone is 8. The van der Waals surface area contributed by atoms with E-state index in [4.69, 9.17) is 9.97 Å². The molecule has 2 nitrogen and oxygen atoms in total. The van der Waals surface area contributed by atoms with Crippen molar-refractivity contribution in [3.05, 3.63) is 228 Å². The lowest BCUT2D eigenvalue weighted by molar-refractivity contribution is 0.786. The molecular weight excluding hydrogens is 701 g/mol. The van der Waals surface area contributed by atoms with Crippen LogP contribution in [-0.2, 0) is 6.42 Å². The van der Waals surface area contributed by atoms with E-state index >= 15 is 0 Å². The predicted molar refractivity (Wildman–Crippen MR) is 242 cm³/mol. The minimum absolute atomic E-state index is 0.341. The van der Waals surface area contributed by atoms with Gasteiger partial charge in [0.2, 0.25) is 0 Å². The summed E-state index contributed by atoms with van der Waals surface area (Å²) in [5.41, 5.74) is 19.8. The van der Waals surface area contributed by atoms with E-state index in [1.165, 1.54) is 66.4 Å². The Morgan fingerprint density at radius 3 is 1.88 bits per heavy atom. The molecule has 0 N–H and O–H groups in total. The number of fused-ring (bicyclic) bond motifs is 4. The second-order valence-electron chi connectivity index (χ2n) is 15.5. The molecule has 3 aliphatic rings. The van der Waals surface area contributed by atoms with Crippen LogP contribution in [0.15, 0.2) is 206 Å². The van der Waals surface area contributed by atoms with Crippen molar-refractivity contribution >= 4 is 21.9 Å². The topological polar surface area (TPSA) is 25.8 Å². The summed E-state index contributed by atoms with van der Waals surface area (Å²) in [7, 11) is 0. The third-order valence-electron chi connectivity index (χ3n) is 12.2. The molecule has 0 amide bonds. The van der Waals surface area contributed by atoms with Crippen LogP contribution < -0.4 is 0 Å². The summed E-state index contributed by atoms with van der Waals surface area (Å²) in [5.74, 6) is 1.11. The second-order valence-corrected chi connectivity index (χ2v) is 15.5. The molecule has 0 radical (unpaired) electrons. The maximum absolute atomic E-state index is 5.05. The van der Waals surface area contributed by atoms with Crippen LogP contribution in [0.3, 0.4) is 0 Å². The smallest absolute Gasteiger partial charge is 0.160 e. The van der Waals surface area contributed by atoms with Crippen molar-refractivity contribution in [2.75, 3.05) is 0 Å². The Morgan fingerprint density at radius 1 is 0.448 bits per heavy atom. The van der Waals surface area contributed by atoms with Gasteiger partial charge in [-0.25, -0.2) is 9.97 Å². The van der Waals surface area contributed by atoms with Crippen molar-refractivity contribution in [1.29, 1.82) is 0 Å². The molecule has 274 valence electrons. The van der Waals surface area contributed by atoms with E-state index in [-0.39, 0.29) is 0 Å². The van der Waals surface area contributed by atoms with Gasteiger partial charge in [0, 0.05) is 22.6 Å². The van der Waals surface area contributed by atoms with Crippen molar-refractivity contribution in [1.82, 2.24) is 9.97 Å². The SMILES string of the molecule is C1=CC(c2nc(-c3ccccc3)cc(-c3ccc(-c4cccc(-c5cc6c(c7ccccc57)CC5=C6C=CCC5c5ccccc5-c5ccccc5)c4)cc3)n2)=CC1. The van der Waals surface area contributed by atoms with Crippen molar-refractivity contribution in [3.63, 3.8) is 0 Å². The van der Waals surface area contributed by atoms with Crippen molar-refractivity contribution in [3.8, 4) is 55.9 Å². The number of benzene rings is 7. The van der Waals surface area contributed by atoms with Gasteiger partial charge in [0.1, 0.15) is 0 Å². The van der Waals surface area contributed by atoms with E-state index in [1.54, 1.807) is 5.57 Å². The lowest BCUT2D eigenvalue weighted by Crippen LogP contribution is -2.07. The molecule has 0 aliphatic heterocycles. The fourth-order valence-corrected chi connectivity index (χ4v) is 9.34. The van der Waals surface area contributed by atoms with E-state index in [1.807, 2.05) is 6.07 Å². The van der Waals surface area contributed by atoms with Crippen LogP contribution in [0.25, 0.3) is 77.8 Å². The van der Waals surface area contributed by atoms with Crippen molar-refractivity contribution < 1.29 is 0 Å². The van der Waals surface area contributed by atoms with Crippen LogP contribution in [0.5, 0.6) is 0 Å². The Labute approximate surface area is 339 Å². The summed E-state index contributed by atoms with van der Waals surface area (Å²) >= 11 is 0. The fourth-order valence-electron chi connectivity index (χ4n) is 9.34. The molecule has 1 atom stereocenters. The molecule has 58 heavy (non-hydrogen) atoms. The molecule has 3 aliphatic carbocycles. The van der Waals surface area contributed by atoms with Gasteiger partial charge in [0.25, 0.3) is 0 Å². The van der Waals surface area contributed by atoms with Gasteiger partial charge in [0.05, 0.1) is 11.4 Å². The summed E-state index contributed by atoms with van der Waals surface area (Å²) < 4.78 is 0. The Bertz CT molecular complexity index is 3000. The first kappa shape index (κ1) is 34.1. The highest BCUT2D eigenvalue weighted by molar-refractivity contribution is 6.05. The van der Waals surface area contributed by atoms with E-state index < -0.39 is 0 Å². The van der Waals surface area contributed by atoms with E-state index in [0.29, 0.717) is 5.92 Å². The first-order valence-electron chi connectivity index (χ1n) is 20.4. The third kappa shape index (κ3) is 6.06. The molecule has 1 aromatic heterocycles. The number of hydrogen-bond acceptors (Lipinski definition) is 2. The summed E-state index contributed by atoms with van der Waals surface area (Å²) in [5, 5.41) is 2.66. The van der Waals surface area contributed by atoms with Gasteiger partial charge in [-0.1, -0.05) is 188 Å². The van der Waals surface area contributed by atoms with E-state index in [0.717, 1.165) is 53.2 Å². The zero-order valence-electron chi connectivity index (χ0n) is 32.1. The quantitative estimate of drug-likeness (QED) is 0.163. The van der Waals surface area contributed by atoms with Gasteiger partial charge in [-0.15, -0.1) is 0 Å². The summed E-state index contributed by atoms with van der Waals surface area (Å²) in [6.45, 7) is 0. The Kier molecular flexibility index (Phi) is 8.47. The largest absolute Gasteiger partial charge is 0.228 e. The minimum atomic E-state index is 0.341. The first-order valence-corrected chi connectivity index (χ1v) is 20.4. The monoisotopic (exact) mass is 740 g/mol. The van der Waals surface area contributed by atoms with Gasteiger partial charge in [0.15, 0.2) is 5.82 Å². The molecule has 1 heterocycles. The molecule has 0 saturated heterocycles. The van der Waals surface area contributed by atoms with Crippen LogP contribution in [0.2, 0.25) is 0 Å². The van der Waals surface area contributed by atoms with E-state index in [2.05, 4.69) is 194 Å². The lowest BCUT2D eigenvalue weighted by atomic mass is 9.79. The fraction of sp³-hybridized carbons (Fsp3) is 0.0714. The number of aromatic nitrogens is 2. The maximum Gasteiger partial charge on any atom is 0.160 e. The van der Waals surface area contributed by atoms with Gasteiger partial charge in [-0.05, 0) is 104 Å². The van der Waals surface area contributed by atoms with Crippen LogP contribution >= 0.6 is 0 Å². The van der Waals surface area contributed by atoms with Crippen LogP contribution in [-0.4, -0.2) is 9.97 Å². The highest BCUT2D eigenvalue weighted by atomic mass is 14.9. The number of nitrogens with zero attached hydrogens (tertiary/aromatic N) is 2. The molecule has 8 aromatic rings. The predicted octanol–water partition coefficient (Wildman–Crippen LogP) is 14.4. The Morgan fingerprint density at radius 2 is 1.10 bits per heavy atom. The average Bonchev–Trinajstić information content (AvgIpc) is 3.99. The first-order chi connectivity index (χ1) is 28.7. The molecule has 0 saturated carbocycles. The molecule has 0 bridgehead atoms. The number of hydrogen-bond donors (Lipinski definition) is 0. The van der Waals surface area contributed by atoms with Gasteiger partial charge in [-0.2, -0.15) is 0 Å². The standard InChI is InChI=1S/C56H40N2/c1-3-15-38(16-4-1)44-23-9-10-24-45(44)48-27-14-28-49-51(48)35-53-47-26-12-11-25-46(47)50(34-52(49)53)43-22-13-21-42(33-43)37-29-31-40(32-30-37)55-36-54(39-17-5-2-6-18-39)57-56(58-55)41-19-7-8-20-41/h1-7,9-26,28-34,36,48H,8,27,35H2. The van der Waals surface area contributed by atoms with Gasteiger partial charge >= 0.3 is 0 Å². The highest BCUT2D eigenvalue weighted by Gasteiger charge is 2.32. The van der Waals surface area contributed by atoms with E-state index in [9.17, 15) is 0 Å². The zero-order chi connectivity index (χ0) is 38.4.